The van der Waals surface area contributed by atoms with Crippen molar-refractivity contribution in [3.8, 4) is 5.75 Å². The summed E-state index contributed by atoms with van der Waals surface area (Å²) in [6, 6.07) is 2.29. The maximum atomic E-state index is 14.0. The van der Waals surface area contributed by atoms with Crippen LogP contribution in [0.2, 0.25) is 0 Å². The number of aryl methyl sites for hydroxylation is 1. The summed E-state index contributed by atoms with van der Waals surface area (Å²) >= 11 is 1.35. The molecule has 3 aliphatic carbocycles. The Balaban J connectivity index is 1.65. The minimum absolute atomic E-state index is 0.0194. The highest BCUT2D eigenvalue weighted by Gasteiger charge is 2.60. The molecule has 7 N–H and O–H groups in total. The van der Waals surface area contributed by atoms with Crippen LogP contribution in [0.4, 0.5) is 10.8 Å². The number of aliphatic hydroxyl groups is 3. The third-order valence-electron chi connectivity index (χ3n) is 8.15. The van der Waals surface area contributed by atoms with Crippen LogP contribution in [0.5, 0.6) is 5.75 Å². The number of anilines is 2. The van der Waals surface area contributed by atoms with Gasteiger partial charge < -0.3 is 31.5 Å². The second-order valence-corrected chi connectivity index (χ2v) is 11.3. The van der Waals surface area contributed by atoms with E-state index in [1.54, 1.807) is 33.2 Å². The highest BCUT2D eigenvalue weighted by molar-refractivity contribution is 7.13. The number of nitrogens with zero attached hydrogens (tertiary/aromatic N) is 2. The SMILES string of the molecule is CCc1csc(Nc2ccc3c(c2O)C(O)=C2C(=O)C4C(=O)C(C(N)=O)=C(O)[C@@H](N(C)C)C4C(O)C2[C@H]3C)n1. The molecular formula is C27H30N4O7S. The number of aromatic hydroxyl groups is 1. The second kappa shape index (κ2) is 9.47. The molecule has 6 atom stereocenters. The number of aliphatic hydroxyl groups excluding tert-OH is 3. The first kappa shape index (κ1) is 26.9. The lowest BCUT2D eigenvalue weighted by atomic mass is 9.56. The lowest BCUT2D eigenvalue weighted by Crippen LogP contribution is -2.61. The molecule has 39 heavy (non-hydrogen) atoms. The Morgan fingerprint density at radius 2 is 1.87 bits per heavy atom. The van der Waals surface area contributed by atoms with E-state index < -0.39 is 70.4 Å². The Kier molecular flexibility index (Phi) is 6.52. The molecule has 1 aromatic carbocycles. The van der Waals surface area contributed by atoms with Crippen LogP contribution in [0, 0.1) is 17.8 Å². The first-order chi connectivity index (χ1) is 18.4. The van der Waals surface area contributed by atoms with Gasteiger partial charge in [-0.15, -0.1) is 11.3 Å². The predicted octanol–water partition coefficient (Wildman–Crippen LogP) is 2.14. The van der Waals surface area contributed by atoms with Crippen molar-refractivity contribution in [3.63, 3.8) is 0 Å². The summed E-state index contributed by atoms with van der Waals surface area (Å²) in [5.41, 5.74) is 6.16. The average Bonchev–Trinajstić information content (AvgIpc) is 3.32. The summed E-state index contributed by atoms with van der Waals surface area (Å²) in [4.78, 5) is 45.4. The van der Waals surface area contributed by atoms with Gasteiger partial charge in [-0.3, -0.25) is 19.3 Å². The Morgan fingerprint density at radius 3 is 2.46 bits per heavy atom. The van der Waals surface area contributed by atoms with Crippen molar-refractivity contribution in [3.05, 3.63) is 51.2 Å². The molecule has 0 bridgehead atoms. The summed E-state index contributed by atoms with van der Waals surface area (Å²) in [6.07, 6.45) is -0.617. The van der Waals surface area contributed by atoms with Gasteiger partial charge in [0.15, 0.2) is 16.7 Å². The smallest absolute Gasteiger partial charge is 0.255 e. The molecule has 1 heterocycles. The third-order valence-corrected chi connectivity index (χ3v) is 8.95. The number of hydrogen-bond acceptors (Lipinski definition) is 11. The maximum Gasteiger partial charge on any atom is 0.255 e. The van der Waals surface area contributed by atoms with Crippen LogP contribution in [0.3, 0.4) is 0 Å². The van der Waals surface area contributed by atoms with E-state index in [-0.39, 0.29) is 22.6 Å². The first-order valence-electron chi connectivity index (χ1n) is 12.6. The Bertz CT molecular complexity index is 1480. The van der Waals surface area contributed by atoms with Gasteiger partial charge in [0.05, 0.1) is 35.0 Å². The number of nitrogens with one attached hydrogen (secondary N) is 1. The molecule has 1 fully saturated rings. The van der Waals surface area contributed by atoms with E-state index in [0.717, 1.165) is 12.1 Å². The number of phenolic OH excluding ortho intramolecular Hbond substituents is 1. The van der Waals surface area contributed by atoms with Crippen LogP contribution in [-0.2, 0) is 20.8 Å². The van der Waals surface area contributed by atoms with Gasteiger partial charge in [-0.2, -0.15) is 0 Å². The zero-order valence-corrected chi connectivity index (χ0v) is 22.6. The van der Waals surface area contributed by atoms with Crippen molar-refractivity contribution in [1.29, 1.82) is 0 Å². The van der Waals surface area contributed by atoms with Gasteiger partial charge in [0.1, 0.15) is 22.8 Å². The number of carbonyl (C=O) groups is 3. The molecule has 12 heteroatoms. The van der Waals surface area contributed by atoms with Gasteiger partial charge in [0.25, 0.3) is 5.91 Å². The zero-order chi connectivity index (χ0) is 28.5. The monoisotopic (exact) mass is 554 g/mol. The fourth-order valence-corrected chi connectivity index (χ4v) is 7.16. The van der Waals surface area contributed by atoms with E-state index in [9.17, 15) is 34.8 Å². The van der Waals surface area contributed by atoms with E-state index in [1.165, 1.54) is 16.2 Å². The normalized spacial score (nSPS) is 28.4. The molecule has 3 aliphatic rings. The summed E-state index contributed by atoms with van der Waals surface area (Å²) < 4.78 is 0. The van der Waals surface area contributed by atoms with E-state index in [2.05, 4.69) is 10.3 Å². The minimum Gasteiger partial charge on any atom is -0.510 e. The lowest BCUT2D eigenvalue weighted by molar-refractivity contribution is -0.143. The van der Waals surface area contributed by atoms with Crippen molar-refractivity contribution in [2.24, 2.45) is 23.5 Å². The lowest BCUT2D eigenvalue weighted by Gasteiger charge is -2.50. The van der Waals surface area contributed by atoms with Crippen molar-refractivity contribution in [1.82, 2.24) is 9.88 Å². The number of hydrogen-bond donors (Lipinski definition) is 6. The number of benzene rings is 1. The van der Waals surface area contributed by atoms with E-state index in [1.807, 2.05) is 12.3 Å². The summed E-state index contributed by atoms with van der Waals surface area (Å²) in [7, 11) is 3.18. The van der Waals surface area contributed by atoms with Crippen LogP contribution in [0.15, 0.2) is 34.4 Å². The number of carbonyl (C=O) groups excluding carboxylic acids is 3. The van der Waals surface area contributed by atoms with Gasteiger partial charge >= 0.3 is 0 Å². The van der Waals surface area contributed by atoms with Gasteiger partial charge in [-0.05, 0) is 38.1 Å². The fourth-order valence-electron chi connectivity index (χ4n) is 6.35. The third kappa shape index (κ3) is 3.85. The molecule has 0 saturated heterocycles. The molecule has 1 saturated carbocycles. The molecule has 1 aromatic heterocycles. The van der Waals surface area contributed by atoms with E-state index in [4.69, 9.17) is 5.73 Å². The largest absolute Gasteiger partial charge is 0.510 e. The molecule has 206 valence electrons. The summed E-state index contributed by atoms with van der Waals surface area (Å²) in [6.45, 7) is 3.73. The van der Waals surface area contributed by atoms with Crippen molar-refractivity contribution >= 4 is 45.4 Å². The number of amides is 1. The fraction of sp³-hybridized carbons (Fsp3) is 0.407. The molecule has 5 rings (SSSR count). The molecule has 1 amide bonds. The molecular weight excluding hydrogens is 524 g/mol. The Morgan fingerprint density at radius 1 is 1.18 bits per heavy atom. The molecule has 0 spiro atoms. The molecule has 4 unspecified atom stereocenters. The number of likely N-dealkylation sites (N-methyl/N-ethyl adjacent to an activating group) is 1. The number of thiazole rings is 1. The average molecular weight is 555 g/mol. The maximum absolute atomic E-state index is 14.0. The minimum atomic E-state index is -1.56. The number of primary amides is 1. The van der Waals surface area contributed by atoms with Gasteiger partial charge in [0, 0.05) is 22.8 Å². The Hall–Kier alpha value is -3.74. The summed E-state index contributed by atoms with van der Waals surface area (Å²) in [5.74, 6) is -8.55. The van der Waals surface area contributed by atoms with E-state index >= 15 is 0 Å². The number of Topliss-reactive ketones (excluding diaryl/α,β-unsaturated/α-hetero) is 2. The number of aromatic nitrogens is 1. The molecule has 11 nitrogen and oxygen atoms in total. The quantitative estimate of drug-likeness (QED) is 0.182. The van der Waals surface area contributed by atoms with E-state index in [0.29, 0.717) is 10.7 Å². The number of nitrogens with two attached hydrogens (primary N) is 1. The molecule has 0 aliphatic heterocycles. The first-order valence-corrected chi connectivity index (χ1v) is 13.4. The second-order valence-electron chi connectivity index (χ2n) is 10.4. The number of fused-ring (bicyclic) bond motifs is 3. The zero-order valence-electron chi connectivity index (χ0n) is 21.8. The van der Waals surface area contributed by atoms with Crippen molar-refractivity contribution < 1.29 is 34.8 Å². The Labute approximate surface area is 228 Å². The standard InChI is InChI=1S/C27H30N4O7S/c1-5-10-8-39-27(29-10)30-12-7-6-11-9(2)13-16(22(34)14(11)20(12)32)23(35)17-15(21(13)33)19(31(3)4)25(37)18(24(17)36)26(28)38/h6-9,13,15,17,19,21,32-34,37H,5H2,1-4H3,(H2,28,38)(H,29,30)/t9-,13?,15?,17?,19-,21?/m0/s1. The molecule has 0 radical (unpaired) electrons. The van der Waals surface area contributed by atoms with Crippen molar-refractivity contribution in [2.45, 2.75) is 38.3 Å². The highest BCUT2D eigenvalue weighted by atomic mass is 32.1. The topological polar surface area (TPSA) is 186 Å². The van der Waals surface area contributed by atoms with Gasteiger partial charge in [0.2, 0.25) is 0 Å². The van der Waals surface area contributed by atoms with Crippen LogP contribution >= 0.6 is 11.3 Å². The van der Waals surface area contributed by atoms with Gasteiger partial charge in [-0.25, -0.2) is 4.98 Å². The molecule has 2 aromatic rings. The summed E-state index contributed by atoms with van der Waals surface area (Å²) in [5, 5.41) is 50.6. The number of ketones is 2. The number of phenols is 1. The van der Waals surface area contributed by atoms with Crippen LogP contribution < -0.4 is 11.1 Å². The van der Waals surface area contributed by atoms with Crippen LogP contribution in [0.1, 0.15) is 36.6 Å². The van der Waals surface area contributed by atoms with Crippen LogP contribution in [-0.4, -0.2) is 74.0 Å². The number of rotatable bonds is 5. The van der Waals surface area contributed by atoms with Crippen LogP contribution in [0.25, 0.3) is 5.76 Å². The van der Waals surface area contributed by atoms with Crippen molar-refractivity contribution in [2.75, 3.05) is 19.4 Å². The van der Waals surface area contributed by atoms with Gasteiger partial charge in [-0.1, -0.05) is 19.9 Å². The predicted molar refractivity (Wildman–Crippen MR) is 144 cm³/mol. The highest BCUT2D eigenvalue weighted by Crippen LogP contribution is 2.55.